The Bertz CT molecular complexity index is 1070. The number of hydrogen-bond donors (Lipinski definition) is 1. The standard InChI is InChI=1S/C23H25NO6S/c1-6-30-23(25)20-12-15(13-7-8-17(26-2)16(24)9-13)22(31-20)14-10-18(27-3)21(29-5)19(11-14)28-4/h7-12H,6,24H2,1-5H3. The molecule has 0 saturated heterocycles. The summed E-state index contributed by atoms with van der Waals surface area (Å²) in [6.07, 6.45) is 0. The number of carbonyl (C=O) groups is 1. The van der Waals surface area contributed by atoms with Gasteiger partial charge in [-0.2, -0.15) is 0 Å². The van der Waals surface area contributed by atoms with Crippen LogP contribution in [-0.4, -0.2) is 41.0 Å². The van der Waals surface area contributed by atoms with E-state index in [4.69, 9.17) is 29.4 Å². The molecule has 7 nitrogen and oxygen atoms in total. The zero-order valence-corrected chi connectivity index (χ0v) is 18.9. The normalized spacial score (nSPS) is 10.5. The van der Waals surface area contributed by atoms with Crippen LogP contribution in [0.1, 0.15) is 16.6 Å². The second kappa shape index (κ2) is 9.61. The number of nitrogens with two attached hydrogens (primary N) is 1. The molecule has 0 aliphatic rings. The Kier molecular flexibility index (Phi) is 6.91. The maximum atomic E-state index is 12.5. The molecular formula is C23H25NO6S. The quantitative estimate of drug-likeness (QED) is 0.392. The number of benzene rings is 2. The average molecular weight is 444 g/mol. The molecule has 0 fully saturated rings. The van der Waals surface area contributed by atoms with E-state index in [0.29, 0.717) is 40.2 Å². The molecule has 0 spiro atoms. The van der Waals surface area contributed by atoms with Crippen LogP contribution in [0.15, 0.2) is 36.4 Å². The molecule has 0 saturated carbocycles. The van der Waals surface area contributed by atoms with Crippen molar-refractivity contribution in [3.63, 3.8) is 0 Å². The second-order valence-corrected chi connectivity index (χ2v) is 7.50. The molecule has 2 N–H and O–H groups in total. The lowest BCUT2D eigenvalue weighted by Gasteiger charge is -2.14. The molecule has 0 atom stereocenters. The van der Waals surface area contributed by atoms with Crippen molar-refractivity contribution in [1.82, 2.24) is 0 Å². The molecule has 0 unspecified atom stereocenters. The first-order chi connectivity index (χ1) is 15.0. The molecule has 8 heteroatoms. The van der Waals surface area contributed by atoms with Gasteiger partial charge in [-0.05, 0) is 48.4 Å². The molecule has 164 valence electrons. The van der Waals surface area contributed by atoms with Gasteiger partial charge >= 0.3 is 5.97 Å². The van der Waals surface area contributed by atoms with Gasteiger partial charge in [0.25, 0.3) is 0 Å². The average Bonchev–Trinajstić information content (AvgIpc) is 3.23. The van der Waals surface area contributed by atoms with E-state index in [9.17, 15) is 4.79 Å². The van der Waals surface area contributed by atoms with Gasteiger partial charge in [-0.3, -0.25) is 0 Å². The number of anilines is 1. The van der Waals surface area contributed by atoms with E-state index in [1.54, 1.807) is 41.4 Å². The third kappa shape index (κ3) is 4.39. The summed E-state index contributed by atoms with van der Waals surface area (Å²) < 4.78 is 26.9. The molecule has 31 heavy (non-hydrogen) atoms. The van der Waals surface area contributed by atoms with Crippen molar-refractivity contribution in [1.29, 1.82) is 0 Å². The van der Waals surface area contributed by atoms with Crippen LogP contribution in [-0.2, 0) is 4.74 Å². The van der Waals surface area contributed by atoms with Crippen molar-refractivity contribution in [2.75, 3.05) is 40.8 Å². The van der Waals surface area contributed by atoms with E-state index >= 15 is 0 Å². The smallest absolute Gasteiger partial charge is 0.348 e. The minimum atomic E-state index is -0.381. The van der Waals surface area contributed by atoms with E-state index < -0.39 is 0 Å². The molecule has 1 aromatic heterocycles. The summed E-state index contributed by atoms with van der Waals surface area (Å²) in [6.45, 7) is 2.07. The highest BCUT2D eigenvalue weighted by molar-refractivity contribution is 7.18. The molecule has 2 aromatic carbocycles. The molecule has 0 amide bonds. The Balaban J connectivity index is 2.24. The van der Waals surface area contributed by atoms with Crippen molar-refractivity contribution in [2.24, 2.45) is 0 Å². The summed E-state index contributed by atoms with van der Waals surface area (Å²) in [4.78, 5) is 13.8. The summed E-state index contributed by atoms with van der Waals surface area (Å²) in [7, 11) is 6.24. The SMILES string of the molecule is CCOC(=O)c1cc(-c2ccc(OC)c(N)c2)c(-c2cc(OC)c(OC)c(OC)c2)s1. The lowest BCUT2D eigenvalue weighted by atomic mass is 10.0. The number of thiophene rings is 1. The van der Waals surface area contributed by atoms with Crippen LogP contribution in [0.4, 0.5) is 5.69 Å². The number of hydrogen-bond acceptors (Lipinski definition) is 8. The highest BCUT2D eigenvalue weighted by Gasteiger charge is 2.22. The van der Waals surface area contributed by atoms with Crippen LogP contribution in [0.2, 0.25) is 0 Å². The Labute approximate surface area is 185 Å². The van der Waals surface area contributed by atoms with Gasteiger partial charge in [-0.1, -0.05) is 6.07 Å². The molecule has 3 aromatic rings. The monoisotopic (exact) mass is 443 g/mol. The summed E-state index contributed by atoms with van der Waals surface area (Å²) >= 11 is 1.32. The van der Waals surface area contributed by atoms with Crippen LogP contribution in [0, 0.1) is 0 Å². The molecule has 3 rings (SSSR count). The third-order valence-electron chi connectivity index (χ3n) is 4.68. The Hall–Kier alpha value is -3.39. The van der Waals surface area contributed by atoms with Crippen LogP contribution >= 0.6 is 11.3 Å². The summed E-state index contributed by atoms with van der Waals surface area (Å²) in [5, 5.41) is 0. The van der Waals surface area contributed by atoms with Gasteiger partial charge < -0.3 is 29.4 Å². The zero-order valence-electron chi connectivity index (χ0n) is 18.1. The van der Waals surface area contributed by atoms with Gasteiger partial charge in [0.2, 0.25) is 5.75 Å². The largest absolute Gasteiger partial charge is 0.495 e. The summed E-state index contributed by atoms with van der Waals surface area (Å²) in [6, 6.07) is 11.0. The lowest BCUT2D eigenvalue weighted by Crippen LogP contribution is -2.01. The van der Waals surface area contributed by atoms with Gasteiger partial charge in [0.05, 0.1) is 40.7 Å². The first-order valence-corrected chi connectivity index (χ1v) is 10.3. The number of nitrogen functional groups attached to an aromatic ring is 1. The zero-order chi connectivity index (χ0) is 22.5. The number of rotatable bonds is 8. The second-order valence-electron chi connectivity index (χ2n) is 6.44. The summed E-state index contributed by atoms with van der Waals surface area (Å²) in [5.41, 5.74) is 9.11. The molecule has 1 heterocycles. The van der Waals surface area contributed by atoms with Crippen molar-refractivity contribution >= 4 is 23.0 Å². The predicted octanol–water partition coefficient (Wildman–Crippen LogP) is 4.88. The topological polar surface area (TPSA) is 89.2 Å². The number of esters is 1. The minimum absolute atomic E-state index is 0.293. The minimum Gasteiger partial charge on any atom is -0.495 e. The van der Waals surface area contributed by atoms with E-state index in [1.807, 2.05) is 30.3 Å². The Morgan fingerprint density at radius 2 is 1.52 bits per heavy atom. The van der Waals surface area contributed by atoms with Crippen LogP contribution in [0.5, 0.6) is 23.0 Å². The van der Waals surface area contributed by atoms with Gasteiger partial charge in [-0.15, -0.1) is 11.3 Å². The number of methoxy groups -OCH3 is 4. The van der Waals surface area contributed by atoms with E-state index in [-0.39, 0.29) is 5.97 Å². The lowest BCUT2D eigenvalue weighted by molar-refractivity contribution is 0.0532. The van der Waals surface area contributed by atoms with Crippen LogP contribution < -0.4 is 24.7 Å². The molecule has 0 bridgehead atoms. The van der Waals surface area contributed by atoms with E-state index in [1.165, 1.54) is 11.3 Å². The van der Waals surface area contributed by atoms with Crippen molar-refractivity contribution in [2.45, 2.75) is 6.92 Å². The fraction of sp³-hybridized carbons (Fsp3) is 0.261. The van der Waals surface area contributed by atoms with Gasteiger partial charge in [0.1, 0.15) is 10.6 Å². The molecule has 0 aliphatic heterocycles. The fourth-order valence-electron chi connectivity index (χ4n) is 3.24. The highest BCUT2D eigenvalue weighted by Crippen LogP contribution is 2.46. The van der Waals surface area contributed by atoms with Gasteiger partial charge in [0.15, 0.2) is 11.5 Å². The third-order valence-corrected chi connectivity index (χ3v) is 5.84. The van der Waals surface area contributed by atoms with Crippen LogP contribution in [0.3, 0.4) is 0 Å². The maximum absolute atomic E-state index is 12.5. The predicted molar refractivity (Wildman–Crippen MR) is 122 cm³/mol. The van der Waals surface area contributed by atoms with Crippen molar-refractivity contribution < 1.29 is 28.5 Å². The molecule has 0 aliphatic carbocycles. The van der Waals surface area contributed by atoms with E-state index in [2.05, 4.69) is 0 Å². The van der Waals surface area contributed by atoms with Crippen LogP contribution in [0.25, 0.3) is 21.6 Å². The Morgan fingerprint density at radius 1 is 0.871 bits per heavy atom. The molecule has 0 radical (unpaired) electrons. The van der Waals surface area contributed by atoms with Crippen molar-refractivity contribution in [3.05, 3.63) is 41.3 Å². The van der Waals surface area contributed by atoms with Gasteiger partial charge in [0, 0.05) is 10.4 Å². The maximum Gasteiger partial charge on any atom is 0.348 e. The number of ether oxygens (including phenoxy) is 5. The Morgan fingerprint density at radius 3 is 2.03 bits per heavy atom. The first-order valence-electron chi connectivity index (χ1n) is 9.52. The number of carbonyl (C=O) groups excluding carboxylic acids is 1. The summed E-state index contributed by atoms with van der Waals surface area (Å²) in [5.74, 6) is 1.73. The first kappa shape index (κ1) is 22.3. The highest BCUT2D eigenvalue weighted by atomic mass is 32.1. The fourth-order valence-corrected chi connectivity index (χ4v) is 4.30. The van der Waals surface area contributed by atoms with E-state index in [0.717, 1.165) is 21.6 Å². The van der Waals surface area contributed by atoms with Crippen molar-refractivity contribution in [3.8, 4) is 44.6 Å². The molecular weight excluding hydrogens is 418 g/mol. The van der Waals surface area contributed by atoms with Gasteiger partial charge in [-0.25, -0.2) is 4.79 Å².